The average Bonchev–Trinajstić information content (AvgIpc) is 3.28. The van der Waals surface area contributed by atoms with Gasteiger partial charge in [0, 0.05) is 0 Å². The summed E-state index contributed by atoms with van der Waals surface area (Å²) in [7, 11) is -4.82. The fourth-order valence-electron chi connectivity index (χ4n) is 8.33. The Morgan fingerprint density at radius 1 is 0.415 bits per heavy atom. The molecule has 1 aromatic rings. The third-order valence-electron chi connectivity index (χ3n) is 12.5. The first kappa shape index (κ1) is 63.5. The Morgan fingerprint density at radius 2 is 0.677 bits per heavy atom. The molecule has 0 heterocycles. The van der Waals surface area contributed by atoms with Gasteiger partial charge in [-0.15, -0.1) is 0 Å². The summed E-state index contributed by atoms with van der Waals surface area (Å²) in [5.41, 5.74) is -0.328. The summed E-state index contributed by atoms with van der Waals surface area (Å²) in [5.74, 6) is -1.54. The number of unbranched alkanes of at least 4 members (excludes halogenated alkanes) is 36. The van der Waals surface area contributed by atoms with Gasteiger partial charge in [0.05, 0.1) is 29.2 Å². The van der Waals surface area contributed by atoms with E-state index in [-0.39, 0.29) is 53.9 Å². The van der Waals surface area contributed by atoms with Crippen LogP contribution in [0.4, 0.5) is 0 Å². The Labute approximate surface area is 423 Å². The van der Waals surface area contributed by atoms with Gasteiger partial charge in [0.1, 0.15) is 10.1 Å². The number of esters is 2. The Bertz CT molecular complexity index is 1410. The molecule has 0 spiro atoms. The monoisotopic (exact) mass is 937 g/mol. The standard InChI is InChI=1S/C56H98O7S.Na/c1-3-5-7-9-11-13-15-17-19-21-23-25-27-29-31-33-35-37-39-41-43-45-49-62-55(57)53-48-47-52(64(59,60)61)51-54(53)56(58)63-50-46-44-42-40-38-36-34-32-30-28-26-24-22-20-18-16-14-12-10-8-6-4-2;/h11-14,47-48,51H,3-10,15-46,49-50H2,1-2H3,(H,59,60,61);/q;+1/p-1/b13-11+,14-12+;. The molecule has 0 atom stereocenters. The molecule has 9 heteroatoms. The summed E-state index contributed by atoms with van der Waals surface area (Å²) in [4.78, 5) is 25.4. The number of benzene rings is 1. The second-order valence-corrected chi connectivity index (χ2v) is 19.9. The van der Waals surface area contributed by atoms with Gasteiger partial charge < -0.3 is 14.0 Å². The van der Waals surface area contributed by atoms with Crippen molar-refractivity contribution in [2.45, 2.75) is 276 Å². The van der Waals surface area contributed by atoms with Crippen LogP contribution in [0.5, 0.6) is 0 Å². The van der Waals surface area contributed by atoms with Gasteiger partial charge in [-0.2, -0.15) is 0 Å². The van der Waals surface area contributed by atoms with Gasteiger partial charge >= 0.3 is 41.5 Å². The predicted octanol–water partition coefficient (Wildman–Crippen LogP) is 14.7. The van der Waals surface area contributed by atoms with Crippen LogP contribution in [0, 0.1) is 0 Å². The molecule has 0 saturated heterocycles. The van der Waals surface area contributed by atoms with Crippen molar-refractivity contribution < 1.29 is 61.6 Å². The SMILES string of the molecule is CCCCC/C=C/CCCCCCCCCCCCCCCCCOC(=O)c1ccc(S(=O)(=O)[O-])cc1C(=O)OCCCCCCCCCCCCCCCCC/C=C/CCCCC.[Na+]. The van der Waals surface area contributed by atoms with Crippen molar-refractivity contribution >= 4 is 22.1 Å². The number of carbonyl (C=O) groups excluding carboxylic acids is 2. The maximum atomic E-state index is 13.0. The van der Waals surface area contributed by atoms with E-state index in [0.717, 1.165) is 44.2 Å². The van der Waals surface area contributed by atoms with Crippen LogP contribution in [0.1, 0.15) is 291 Å². The molecule has 0 bridgehead atoms. The summed E-state index contributed by atoms with van der Waals surface area (Å²) in [5, 5.41) is 0. The van der Waals surface area contributed by atoms with E-state index in [4.69, 9.17) is 9.47 Å². The molecule has 0 saturated carbocycles. The van der Waals surface area contributed by atoms with Crippen LogP contribution in [0.2, 0.25) is 0 Å². The second-order valence-electron chi connectivity index (χ2n) is 18.6. The van der Waals surface area contributed by atoms with Gasteiger partial charge in [-0.25, -0.2) is 18.0 Å². The third-order valence-corrected chi connectivity index (χ3v) is 13.3. The molecule has 0 aliphatic carbocycles. The molecule has 7 nitrogen and oxygen atoms in total. The molecule has 0 N–H and O–H groups in total. The molecule has 370 valence electrons. The molecule has 1 aromatic carbocycles. The summed E-state index contributed by atoms with van der Waals surface area (Å²) in [6, 6.07) is 3.17. The summed E-state index contributed by atoms with van der Waals surface area (Å²) >= 11 is 0. The van der Waals surface area contributed by atoms with Crippen molar-refractivity contribution in [3.05, 3.63) is 53.6 Å². The van der Waals surface area contributed by atoms with Gasteiger partial charge in [-0.1, -0.05) is 231 Å². The normalized spacial score (nSPS) is 11.7. The van der Waals surface area contributed by atoms with E-state index in [1.807, 2.05) is 0 Å². The van der Waals surface area contributed by atoms with Gasteiger partial charge in [-0.3, -0.25) is 0 Å². The molecule has 0 amide bonds. The second kappa shape index (κ2) is 47.6. The maximum absolute atomic E-state index is 13.0. The van der Waals surface area contributed by atoms with E-state index in [2.05, 4.69) is 38.2 Å². The first-order valence-corrected chi connectivity index (χ1v) is 28.5. The zero-order valence-electron chi connectivity index (χ0n) is 42.5. The molecular formula is C56H97NaO7S. The van der Waals surface area contributed by atoms with E-state index >= 15 is 0 Å². The Kier molecular flexibility index (Phi) is 46.5. The maximum Gasteiger partial charge on any atom is 1.00 e. The van der Waals surface area contributed by atoms with Crippen LogP contribution in [0.15, 0.2) is 47.4 Å². The van der Waals surface area contributed by atoms with Crippen molar-refractivity contribution in [1.29, 1.82) is 0 Å². The molecule has 65 heavy (non-hydrogen) atoms. The van der Waals surface area contributed by atoms with Crippen molar-refractivity contribution in [3.63, 3.8) is 0 Å². The Balaban J connectivity index is 0.0000410. The summed E-state index contributed by atoms with van der Waals surface area (Å²) in [6.45, 7) is 4.89. The molecular weight excluding hydrogens is 840 g/mol. The molecule has 0 aromatic heterocycles. The summed E-state index contributed by atoms with van der Waals surface area (Å²) in [6.07, 6.45) is 59.4. The van der Waals surface area contributed by atoms with Crippen LogP contribution < -0.4 is 29.6 Å². The quantitative estimate of drug-likeness (QED) is 0.0210. The van der Waals surface area contributed by atoms with E-state index in [9.17, 15) is 22.6 Å². The molecule has 0 unspecified atom stereocenters. The number of ether oxygens (including phenoxy) is 2. The minimum absolute atomic E-state index is 0. The number of hydrogen-bond donors (Lipinski definition) is 0. The molecule has 0 radical (unpaired) electrons. The van der Waals surface area contributed by atoms with Crippen molar-refractivity contribution in [1.82, 2.24) is 0 Å². The fraction of sp³-hybridized carbons (Fsp3) is 0.786. The smallest absolute Gasteiger partial charge is 0.744 e. The minimum atomic E-state index is -4.82. The fourth-order valence-corrected chi connectivity index (χ4v) is 8.83. The van der Waals surface area contributed by atoms with Crippen LogP contribution in [0.3, 0.4) is 0 Å². The average molecular weight is 937 g/mol. The number of allylic oxidation sites excluding steroid dienone is 4. The van der Waals surface area contributed by atoms with Crippen LogP contribution in [-0.2, 0) is 19.6 Å². The largest absolute Gasteiger partial charge is 1.00 e. The van der Waals surface area contributed by atoms with E-state index in [0.29, 0.717) is 12.8 Å². The molecule has 0 aliphatic heterocycles. The minimum Gasteiger partial charge on any atom is -0.744 e. The Hall–Kier alpha value is -1.45. The number of rotatable bonds is 47. The summed E-state index contributed by atoms with van der Waals surface area (Å²) < 4.78 is 46.0. The zero-order valence-corrected chi connectivity index (χ0v) is 45.3. The molecule has 1 rings (SSSR count). The first-order chi connectivity index (χ1) is 31.3. The first-order valence-electron chi connectivity index (χ1n) is 27.0. The zero-order chi connectivity index (χ0) is 46.4. The number of hydrogen-bond acceptors (Lipinski definition) is 7. The van der Waals surface area contributed by atoms with Crippen molar-refractivity contribution in [3.8, 4) is 0 Å². The van der Waals surface area contributed by atoms with Crippen LogP contribution in [-0.4, -0.2) is 38.1 Å². The van der Waals surface area contributed by atoms with E-state index in [1.165, 1.54) is 218 Å². The van der Waals surface area contributed by atoms with E-state index in [1.54, 1.807) is 0 Å². The van der Waals surface area contributed by atoms with Gasteiger partial charge in [0.25, 0.3) is 0 Å². The molecule has 0 fully saturated rings. The topological polar surface area (TPSA) is 110 Å². The van der Waals surface area contributed by atoms with Gasteiger partial charge in [0.15, 0.2) is 0 Å². The predicted molar refractivity (Wildman–Crippen MR) is 269 cm³/mol. The van der Waals surface area contributed by atoms with Crippen LogP contribution >= 0.6 is 0 Å². The molecule has 0 aliphatic rings. The van der Waals surface area contributed by atoms with Gasteiger partial charge in [-0.05, 0) is 82.4 Å². The van der Waals surface area contributed by atoms with E-state index < -0.39 is 27.0 Å². The van der Waals surface area contributed by atoms with Crippen molar-refractivity contribution in [2.75, 3.05) is 13.2 Å². The van der Waals surface area contributed by atoms with Crippen LogP contribution in [0.25, 0.3) is 0 Å². The van der Waals surface area contributed by atoms with Crippen molar-refractivity contribution in [2.24, 2.45) is 0 Å². The third kappa shape index (κ3) is 40.2. The Morgan fingerprint density at radius 3 is 0.969 bits per heavy atom. The number of carbonyl (C=O) groups is 2. The van der Waals surface area contributed by atoms with Gasteiger partial charge in [0.2, 0.25) is 0 Å².